The van der Waals surface area contributed by atoms with E-state index in [9.17, 15) is 9.59 Å². The minimum Gasteiger partial charge on any atom is -0.488 e. The second-order valence-electron chi connectivity index (χ2n) is 4.22. The molecule has 2 heterocycles. The minimum absolute atomic E-state index is 0.0278. The molecule has 20 heavy (non-hydrogen) atoms. The van der Waals surface area contributed by atoms with Crippen molar-refractivity contribution in [1.29, 1.82) is 0 Å². The van der Waals surface area contributed by atoms with Crippen LogP contribution in [-0.4, -0.2) is 37.9 Å². The van der Waals surface area contributed by atoms with Crippen LogP contribution >= 0.6 is 0 Å². The molecule has 2 aromatic rings. The fraction of sp³-hybridized carbons (Fsp3) is 0.333. The number of hydrogen-bond donors (Lipinski definition) is 2. The van der Waals surface area contributed by atoms with E-state index in [0.29, 0.717) is 17.0 Å². The molecule has 0 spiro atoms. The third-order valence-corrected chi connectivity index (χ3v) is 2.97. The van der Waals surface area contributed by atoms with Gasteiger partial charge in [0.15, 0.2) is 0 Å². The number of ether oxygens (including phenoxy) is 1. The molecular formula is C12H14N4O4. The predicted molar refractivity (Wildman–Crippen MR) is 69.3 cm³/mol. The highest BCUT2D eigenvalue weighted by atomic mass is 16.5. The van der Waals surface area contributed by atoms with Crippen LogP contribution in [0.1, 0.15) is 17.0 Å². The van der Waals surface area contributed by atoms with Crippen molar-refractivity contribution in [3.63, 3.8) is 0 Å². The standard InChI is InChI=1S/C12H14N4O4/c1-6-8(4-9(17)18)7(2)16(15-6)11-10(20-3)12(19)14-5-13-11/h5H,4H2,1-3H3,(H,17,18)(H,13,14,19). The Hall–Kier alpha value is -2.64. The first-order valence-electron chi connectivity index (χ1n) is 5.84. The molecule has 0 radical (unpaired) electrons. The molecule has 0 bridgehead atoms. The maximum Gasteiger partial charge on any atom is 0.307 e. The molecule has 0 fully saturated rings. The molecule has 8 heteroatoms. The number of carboxylic acids is 1. The molecule has 2 N–H and O–H groups in total. The lowest BCUT2D eigenvalue weighted by Gasteiger charge is -2.07. The summed E-state index contributed by atoms with van der Waals surface area (Å²) in [4.78, 5) is 29.0. The molecule has 0 saturated heterocycles. The van der Waals surface area contributed by atoms with Gasteiger partial charge in [-0.1, -0.05) is 0 Å². The SMILES string of the molecule is COc1c(-n2nc(C)c(CC(=O)O)c2C)nc[nH]c1=O. The number of aromatic amines is 1. The van der Waals surface area contributed by atoms with Gasteiger partial charge in [-0.15, -0.1) is 0 Å². The zero-order valence-electron chi connectivity index (χ0n) is 11.3. The largest absolute Gasteiger partial charge is 0.488 e. The number of aliphatic carboxylic acids is 1. The van der Waals surface area contributed by atoms with Crippen LogP contribution in [0.2, 0.25) is 0 Å². The molecule has 0 atom stereocenters. The summed E-state index contributed by atoms with van der Waals surface area (Å²) in [5.74, 6) is -0.685. The highest BCUT2D eigenvalue weighted by Crippen LogP contribution is 2.21. The average Bonchev–Trinajstić information content (AvgIpc) is 2.66. The predicted octanol–water partition coefficient (Wildman–Crippen LogP) is 0.208. The van der Waals surface area contributed by atoms with E-state index in [4.69, 9.17) is 9.84 Å². The number of aryl methyl sites for hydroxylation is 1. The van der Waals surface area contributed by atoms with Gasteiger partial charge in [-0.2, -0.15) is 5.10 Å². The first-order chi connectivity index (χ1) is 9.45. The number of carbonyl (C=O) groups is 1. The maximum atomic E-state index is 11.7. The molecule has 0 unspecified atom stereocenters. The summed E-state index contributed by atoms with van der Waals surface area (Å²) in [6, 6.07) is 0. The van der Waals surface area contributed by atoms with Gasteiger partial charge in [0.1, 0.15) is 0 Å². The number of carboxylic acid groups (broad SMARTS) is 1. The number of nitrogens with zero attached hydrogens (tertiary/aromatic N) is 3. The van der Waals surface area contributed by atoms with Crippen LogP contribution in [0.3, 0.4) is 0 Å². The van der Waals surface area contributed by atoms with Gasteiger partial charge < -0.3 is 14.8 Å². The summed E-state index contributed by atoms with van der Waals surface area (Å²) >= 11 is 0. The van der Waals surface area contributed by atoms with Crippen molar-refractivity contribution in [1.82, 2.24) is 19.7 Å². The Balaban J connectivity index is 2.63. The average molecular weight is 278 g/mol. The lowest BCUT2D eigenvalue weighted by Crippen LogP contribution is -2.15. The van der Waals surface area contributed by atoms with E-state index in [-0.39, 0.29) is 18.0 Å². The van der Waals surface area contributed by atoms with Crippen LogP contribution in [0.25, 0.3) is 5.82 Å². The Bertz CT molecular complexity index is 717. The second kappa shape index (κ2) is 5.16. The number of aromatic nitrogens is 4. The van der Waals surface area contributed by atoms with Gasteiger partial charge in [-0.3, -0.25) is 9.59 Å². The molecule has 0 aliphatic heterocycles. The highest BCUT2D eigenvalue weighted by molar-refractivity contribution is 5.71. The van der Waals surface area contributed by atoms with Crippen molar-refractivity contribution in [2.45, 2.75) is 20.3 Å². The fourth-order valence-corrected chi connectivity index (χ4v) is 2.00. The summed E-state index contributed by atoms with van der Waals surface area (Å²) in [5.41, 5.74) is 1.36. The monoisotopic (exact) mass is 278 g/mol. The number of rotatable bonds is 4. The fourth-order valence-electron chi connectivity index (χ4n) is 2.00. The van der Waals surface area contributed by atoms with E-state index in [0.717, 1.165) is 0 Å². The van der Waals surface area contributed by atoms with Crippen LogP contribution in [0, 0.1) is 13.8 Å². The Kier molecular flexibility index (Phi) is 3.55. The molecule has 0 aromatic carbocycles. The Morgan fingerprint density at radius 2 is 2.20 bits per heavy atom. The summed E-state index contributed by atoms with van der Waals surface area (Å²) in [6.45, 7) is 3.43. The zero-order chi connectivity index (χ0) is 14.9. The van der Waals surface area contributed by atoms with Crippen molar-refractivity contribution < 1.29 is 14.6 Å². The lowest BCUT2D eigenvalue weighted by molar-refractivity contribution is -0.136. The van der Waals surface area contributed by atoms with Crippen LogP contribution in [0.4, 0.5) is 0 Å². The van der Waals surface area contributed by atoms with Crippen LogP contribution in [0.5, 0.6) is 5.75 Å². The molecule has 0 aliphatic rings. The summed E-state index contributed by atoms with van der Waals surface area (Å²) in [5, 5.41) is 13.1. The Morgan fingerprint density at radius 1 is 1.50 bits per heavy atom. The molecule has 2 rings (SSSR count). The van der Waals surface area contributed by atoms with Crippen molar-refractivity contribution in [3.8, 4) is 11.6 Å². The van der Waals surface area contributed by atoms with Crippen molar-refractivity contribution in [2.24, 2.45) is 0 Å². The smallest absolute Gasteiger partial charge is 0.307 e. The third-order valence-electron chi connectivity index (χ3n) is 2.97. The van der Waals surface area contributed by atoms with Crippen molar-refractivity contribution in [2.75, 3.05) is 7.11 Å². The number of nitrogens with one attached hydrogen (secondary N) is 1. The normalized spacial score (nSPS) is 10.6. The molecular weight excluding hydrogens is 264 g/mol. The number of hydrogen-bond acceptors (Lipinski definition) is 5. The van der Waals surface area contributed by atoms with Crippen molar-refractivity contribution >= 4 is 5.97 Å². The van der Waals surface area contributed by atoms with E-state index >= 15 is 0 Å². The Morgan fingerprint density at radius 3 is 2.80 bits per heavy atom. The highest BCUT2D eigenvalue weighted by Gasteiger charge is 2.19. The van der Waals surface area contributed by atoms with E-state index in [2.05, 4.69) is 15.1 Å². The lowest BCUT2D eigenvalue weighted by atomic mass is 10.1. The second-order valence-corrected chi connectivity index (χ2v) is 4.22. The molecule has 0 aliphatic carbocycles. The van der Waals surface area contributed by atoms with Gasteiger partial charge in [0.05, 0.1) is 25.6 Å². The van der Waals surface area contributed by atoms with Gasteiger partial charge in [0.25, 0.3) is 5.56 Å². The Labute approximate surface area is 114 Å². The molecule has 8 nitrogen and oxygen atoms in total. The number of H-pyrrole nitrogens is 1. The molecule has 0 amide bonds. The van der Waals surface area contributed by atoms with Crippen LogP contribution in [0.15, 0.2) is 11.1 Å². The van der Waals surface area contributed by atoms with E-state index in [1.54, 1.807) is 13.8 Å². The van der Waals surface area contributed by atoms with E-state index in [1.165, 1.54) is 18.1 Å². The first kappa shape index (κ1) is 13.8. The zero-order valence-corrected chi connectivity index (χ0v) is 11.3. The number of methoxy groups -OCH3 is 1. The third kappa shape index (κ3) is 2.27. The maximum absolute atomic E-state index is 11.7. The van der Waals surface area contributed by atoms with Gasteiger partial charge in [-0.05, 0) is 13.8 Å². The van der Waals surface area contributed by atoms with Crippen LogP contribution < -0.4 is 10.3 Å². The van der Waals surface area contributed by atoms with Gasteiger partial charge in [-0.25, -0.2) is 9.67 Å². The summed E-state index contributed by atoms with van der Waals surface area (Å²) in [7, 11) is 1.36. The summed E-state index contributed by atoms with van der Waals surface area (Å²) in [6.07, 6.45) is 1.11. The molecule has 106 valence electrons. The summed E-state index contributed by atoms with van der Waals surface area (Å²) < 4.78 is 6.45. The van der Waals surface area contributed by atoms with Gasteiger partial charge in [0, 0.05) is 11.3 Å². The first-order valence-corrected chi connectivity index (χ1v) is 5.84. The quantitative estimate of drug-likeness (QED) is 0.827. The van der Waals surface area contributed by atoms with Gasteiger partial charge in [0.2, 0.25) is 11.6 Å². The molecule has 2 aromatic heterocycles. The van der Waals surface area contributed by atoms with Crippen LogP contribution in [-0.2, 0) is 11.2 Å². The van der Waals surface area contributed by atoms with E-state index < -0.39 is 11.5 Å². The van der Waals surface area contributed by atoms with Crippen molar-refractivity contribution in [3.05, 3.63) is 33.6 Å². The topological polar surface area (TPSA) is 110 Å². The van der Waals surface area contributed by atoms with Gasteiger partial charge >= 0.3 is 5.97 Å². The molecule has 0 saturated carbocycles. The minimum atomic E-state index is -0.943. The van der Waals surface area contributed by atoms with E-state index in [1.807, 2.05) is 0 Å².